The molecule has 1 aliphatic heterocycles. The van der Waals surface area contributed by atoms with E-state index in [1.807, 2.05) is 48.7 Å². The monoisotopic (exact) mass is 1190 g/mol. The van der Waals surface area contributed by atoms with Crippen molar-refractivity contribution in [1.29, 1.82) is 0 Å². The van der Waals surface area contributed by atoms with Gasteiger partial charge in [-0.25, -0.2) is 13.8 Å². The van der Waals surface area contributed by atoms with E-state index in [1.54, 1.807) is 6.07 Å². The summed E-state index contributed by atoms with van der Waals surface area (Å²) >= 11 is 0. The summed E-state index contributed by atoms with van der Waals surface area (Å²) in [6.07, 6.45) is 1.81. The number of ether oxygens (including phenoxy) is 1. The van der Waals surface area contributed by atoms with Gasteiger partial charge in [0.15, 0.2) is 0 Å². The van der Waals surface area contributed by atoms with Crippen LogP contribution < -0.4 is 14.5 Å². The van der Waals surface area contributed by atoms with Crippen LogP contribution in [0.3, 0.4) is 0 Å². The molecule has 0 fully saturated rings. The largest absolute Gasteiger partial charge is 0.509 e. The third-order valence-corrected chi connectivity index (χ3v) is 14.5. The number of aromatic nitrogens is 2. The Labute approximate surface area is 464 Å². The molecule has 5 nitrogen and oxygen atoms in total. The standard InChI is InChI=1S/C69H55F2N4O.Pt/c1-43(2)48-24-29-65-67(38-48)74(69-61(44(3)4)36-53(37-62(69)45(5)6)58-27-25-54(70)39-63(58)71)42-73(65)55-34-52(51-32-49(46-17-9-7-10-18-46)31-50(33-51)47-19-11-8-12-20-47)35-57(40-55)76-56-26-28-60-59-21-13-14-22-64(59)75(66(60)41-56)68-23-15-16-30-72-68;/h7-39,42-45H,1-6H3;/q-3;. The molecule has 0 aliphatic carbocycles. The Kier molecular flexibility index (Phi) is 14.0. The van der Waals surface area contributed by atoms with Gasteiger partial charge in [0.05, 0.1) is 0 Å². The Morgan fingerprint density at radius 3 is 1.77 bits per heavy atom. The van der Waals surface area contributed by atoms with Gasteiger partial charge >= 0.3 is 0 Å². The Hall–Kier alpha value is -8.12. The summed E-state index contributed by atoms with van der Waals surface area (Å²) in [6.45, 7) is 15.3. The first kappa shape index (κ1) is 51.0. The molecule has 9 aromatic carbocycles. The summed E-state index contributed by atoms with van der Waals surface area (Å²) in [5.41, 5.74) is 16.4. The van der Waals surface area contributed by atoms with Crippen molar-refractivity contribution >= 4 is 44.6 Å². The van der Waals surface area contributed by atoms with E-state index in [0.29, 0.717) is 22.6 Å². The number of hydrogen-bond donors (Lipinski definition) is 0. The molecule has 77 heavy (non-hydrogen) atoms. The fraction of sp³-hybridized carbons (Fsp3) is 0.130. The number of benzene rings is 9. The van der Waals surface area contributed by atoms with Crippen LogP contribution in [0.2, 0.25) is 0 Å². The first-order valence-electron chi connectivity index (χ1n) is 26.0. The van der Waals surface area contributed by atoms with Crippen LogP contribution in [0, 0.1) is 30.4 Å². The SMILES string of the molecule is CC(C)c1ccc2c(c1)N(c1c(C(C)C)cc(-c3ccc(F)cc3F)cc1C(C)C)[CH-]N2c1[c-]c(Oc2[c-]c3c(cc2)c2ccccc2n3-c2ccccn2)cc(-c2cc(-c3ccccc3)cc(-c3ccccc3)c2)c1.[Pt]. The number of fused-ring (bicyclic) bond motifs is 4. The van der Waals surface area contributed by atoms with Crippen LogP contribution in [0.15, 0.2) is 200 Å². The topological polar surface area (TPSA) is 33.5 Å². The van der Waals surface area contributed by atoms with Crippen molar-refractivity contribution in [3.8, 4) is 61.8 Å². The minimum Gasteiger partial charge on any atom is -0.509 e. The van der Waals surface area contributed by atoms with Crippen LogP contribution in [-0.4, -0.2) is 9.55 Å². The number of rotatable bonds is 12. The minimum atomic E-state index is -0.603. The zero-order chi connectivity index (χ0) is 52.2. The quantitative estimate of drug-likeness (QED) is 0.114. The van der Waals surface area contributed by atoms with Crippen LogP contribution in [0.5, 0.6) is 11.5 Å². The van der Waals surface area contributed by atoms with Crippen molar-refractivity contribution in [3.63, 3.8) is 0 Å². The number of hydrogen-bond acceptors (Lipinski definition) is 4. The van der Waals surface area contributed by atoms with Crippen LogP contribution in [-0.2, 0) is 21.1 Å². The Balaban J connectivity index is 0.00000631. The summed E-state index contributed by atoms with van der Waals surface area (Å²) < 4.78 is 39.1. The number of anilines is 4. The van der Waals surface area contributed by atoms with E-state index in [4.69, 9.17) is 9.72 Å². The predicted octanol–water partition coefficient (Wildman–Crippen LogP) is 19.3. The molecule has 384 valence electrons. The average Bonchev–Trinajstić information content (AvgIpc) is 3.98. The van der Waals surface area contributed by atoms with Gasteiger partial charge in [-0.2, -0.15) is 6.07 Å². The van der Waals surface area contributed by atoms with Crippen molar-refractivity contribution in [2.75, 3.05) is 9.80 Å². The van der Waals surface area contributed by atoms with E-state index < -0.39 is 11.6 Å². The molecule has 0 bridgehead atoms. The van der Waals surface area contributed by atoms with E-state index in [2.05, 4.69) is 208 Å². The molecule has 11 aromatic rings. The van der Waals surface area contributed by atoms with Gasteiger partial charge < -0.3 is 19.1 Å². The molecule has 0 saturated heterocycles. The van der Waals surface area contributed by atoms with Gasteiger partial charge in [-0.3, -0.25) is 0 Å². The molecule has 0 saturated carbocycles. The zero-order valence-electron chi connectivity index (χ0n) is 43.6. The summed E-state index contributed by atoms with van der Waals surface area (Å²) in [5, 5.41) is 2.14. The van der Waals surface area contributed by atoms with Gasteiger partial charge in [-0.15, -0.1) is 53.6 Å². The molecular formula is C69H55F2N4OPt-3. The van der Waals surface area contributed by atoms with Gasteiger partial charge in [-0.1, -0.05) is 138 Å². The second-order valence-electron chi connectivity index (χ2n) is 20.6. The van der Waals surface area contributed by atoms with Gasteiger partial charge in [-0.05, 0) is 146 Å². The molecule has 8 heteroatoms. The third-order valence-electron chi connectivity index (χ3n) is 14.5. The fourth-order valence-corrected chi connectivity index (χ4v) is 10.7. The van der Waals surface area contributed by atoms with Crippen molar-refractivity contribution in [1.82, 2.24) is 9.55 Å². The summed E-state index contributed by atoms with van der Waals surface area (Å²) in [5.74, 6) is 0.996. The van der Waals surface area contributed by atoms with E-state index in [-0.39, 0.29) is 38.8 Å². The van der Waals surface area contributed by atoms with Crippen LogP contribution in [0.25, 0.3) is 72.1 Å². The van der Waals surface area contributed by atoms with Gasteiger partial charge in [0, 0.05) is 73.0 Å². The second kappa shape index (κ2) is 21.1. The molecule has 0 N–H and O–H groups in total. The van der Waals surface area contributed by atoms with Crippen molar-refractivity contribution in [3.05, 3.63) is 247 Å². The van der Waals surface area contributed by atoms with Crippen molar-refractivity contribution in [2.24, 2.45) is 0 Å². The zero-order valence-corrected chi connectivity index (χ0v) is 45.9. The van der Waals surface area contributed by atoms with Crippen LogP contribution in [0.1, 0.15) is 76.0 Å². The third kappa shape index (κ3) is 9.74. The van der Waals surface area contributed by atoms with Gasteiger partial charge in [0.25, 0.3) is 0 Å². The smallest absolute Gasteiger partial charge is 0.135 e. The number of halogens is 2. The predicted molar refractivity (Wildman–Crippen MR) is 308 cm³/mol. The molecule has 2 aromatic heterocycles. The maximum atomic E-state index is 15.6. The van der Waals surface area contributed by atoms with Crippen LogP contribution in [0.4, 0.5) is 31.5 Å². The normalized spacial score (nSPS) is 12.3. The Morgan fingerprint density at radius 1 is 0.494 bits per heavy atom. The van der Waals surface area contributed by atoms with Crippen molar-refractivity contribution < 1.29 is 34.6 Å². The fourth-order valence-electron chi connectivity index (χ4n) is 10.7. The summed E-state index contributed by atoms with van der Waals surface area (Å²) in [6, 6.07) is 72.5. The van der Waals surface area contributed by atoms with Gasteiger partial charge in [0.1, 0.15) is 17.5 Å². The average molecular weight is 1190 g/mol. The Morgan fingerprint density at radius 2 is 1.13 bits per heavy atom. The summed E-state index contributed by atoms with van der Waals surface area (Å²) in [7, 11) is 0. The van der Waals surface area contributed by atoms with E-state index in [0.717, 1.165) is 101 Å². The number of nitrogens with zero attached hydrogens (tertiary/aromatic N) is 4. The number of pyridine rings is 1. The first-order chi connectivity index (χ1) is 36.9. The molecule has 3 heterocycles. The second-order valence-corrected chi connectivity index (χ2v) is 20.6. The molecule has 1 aliphatic rings. The summed E-state index contributed by atoms with van der Waals surface area (Å²) in [4.78, 5) is 9.28. The van der Waals surface area contributed by atoms with Crippen molar-refractivity contribution in [2.45, 2.75) is 59.3 Å². The van der Waals surface area contributed by atoms with E-state index >= 15 is 4.39 Å². The first-order valence-corrected chi connectivity index (χ1v) is 26.0. The molecular weight excluding hydrogens is 1130 g/mol. The molecule has 0 amide bonds. The van der Waals surface area contributed by atoms with Crippen LogP contribution >= 0.6 is 0 Å². The maximum Gasteiger partial charge on any atom is 0.135 e. The maximum absolute atomic E-state index is 15.6. The molecule has 0 atom stereocenters. The van der Waals surface area contributed by atoms with E-state index in [9.17, 15) is 4.39 Å². The minimum absolute atomic E-state index is 0. The molecule has 0 unspecified atom stereocenters. The Bertz CT molecular complexity index is 3880. The molecule has 0 spiro atoms. The van der Waals surface area contributed by atoms with E-state index in [1.165, 1.54) is 11.6 Å². The number of para-hydroxylation sites is 1. The molecule has 12 rings (SSSR count). The molecule has 0 radical (unpaired) electrons. The van der Waals surface area contributed by atoms with Gasteiger partial charge in [0.2, 0.25) is 0 Å².